The van der Waals surface area contributed by atoms with Crippen LogP contribution < -0.4 is 15.8 Å². The van der Waals surface area contributed by atoms with Crippen LogP contribution in [-0.2, 0) is 13.0 Å². The highest BCUT2D eigenvalue weighted by molar-refractivity contribution is 6.06. The average Bonchev–Trinajstić information content (AvgIpc) is 3.07. The summed E-state index contributed by atoms with van der Waals surface area (Å²) in [6.07, 6.45) is 3.69. The Morgan fingerprint density at radius 1 is 1.30 bits per heavy atom. The van der Waals surface area contributed by atoms with Gasteiger partial charge in [0.05, 0.1) is 5.56 Å². The third kappa shape index (κ3) is 3.84. The van der Waals surface area contributed by atoms with Crippen LogP contribution in [0.25, 0.3) is 11.1 Å². The quantitative estimate of drug-likeness (QED) is 0.678. The molecule has 0 radical (unpaired) electrons. The second-order valence-electron chi connectivity index (χ2n) is 8.28. The largest absolute Gasteiger partial charge is 0.442 e. The number of nitrogens with zero attached hydrogens (tertiary/aromatic N) is 3. The van der Waals surface area contributed by atoms with Crippen molar-refractivity contribution in [3.63, 3.8) is 0 Å². The maximum atomic E-state index is 12.9. The highest BCUT2D eigenvalue weighted by Gasteiger charge is 2.23. The van der Waals surface area contributed by atoms with Gasteiger partial charge in [0.1, 0.15) is 17.5 Å². The topological polar surface area (TPSA) is 80.4 Å². The van der Waals surface area contributed by atoms with Crippen LogP contribution in [0, 0.1) is 12.8 Å². The van der Waals surface area contributed by atoms with Gasteiger partial charge in [-0.15, -0.1) is 0 Å². The summed E-state index contributed by atoms with van der Waals surface area (Å²) in [5, 5.41) is 3.23. The van der Waals surface area contributed by atoms with Crippen molar-refractivity contribution < 1.29 is 9.21 Å². The summed E-state index contributed by atoms with van der Waals surface area (Å²) in [7, 11) is 0. The Morgan fingerprint density at radius 2 is 2.10 bits per heavy atom. The van der Waals surface area contributed by atoms with Gasteiger partial charge in [0.2, 0.25) is 5.71 Å². The number of fused-ring (bicyclic) bond motifs is 2. The zero-order chi connectivity index (χ0) is 21.3. The van der Waals surface area contributed by atoms with E-state index in [0.29, 0.717) is 36.9 Å². The molecule has 3 aromatic rings. The third-order valence-electron chi connectivity index (χ3n) is 5.52. The minimum absolute atomic E-state index is 0.215. The number of para-hydroxylation sites is 1. The van der Waals surface area contributed by atoms with Gasteiger partial charge in [0.25, 0.3) is 11.5 Å². The molecule has 0 bridgehead atoms. The number of carbonyl (C=O) groups excluding carboxylic acids is 1. The van der Waals surface area contributed by atoms with Crippen molar-refractivity contribution in [3.05, 3.63) is 57.8 Å². The molecule has 3 heterocycles. The number of hydrogen-bond donors (Lipinski definition) is 1. The molecule has 2 aromatic heterocycles. The molecule has 7 nitrogen and oxygen atoms in total. The number of carbonyl (C=O) groups is 1. The van der Waals surface area contributed by atoms with Crippen molar-refractivity contribution in [2.75, 3.05) is 24.5 Å². The molecule has 158 valence electrons. The summed E-state index contributed by atoms with van der Waals surface area (Å²) >= 11 is 0. The summed E-state index contributed by atoms with van der Waals surface area (Å²) in [6, 6.07) is 8.41. The number of hydrogen-bond acceptors (Lipinski definition) is 5. The smallest absolute Gasteiger partial charge is 0.265 e. The average molecular weight is 409 g/mol. The summed E-state index contributed by atoms with van der Waals surface area (Å²) in [5.74, 6) is 0.412. The Balaban J connectivity index is 1.51. The molecule has 1 aliphatic heterocycles. The van der Waals surface area contributed by atoms with Gasteiger partial charge in [-0.3, -0.25) is 14.2 Å². The van der Waals surface area contributed by atoms with E-state index >= 15 is 0 Å². The molecule has 0 saturated heterocycles. The normalized spacial score (nSPS) is 13.7. The van der Waals surface area contributed by atoms with Gasteiger partial charge in [-0.2, -0.15) is 0 Å². The van der Waals surface area contributed by atoms with Crippen molar-refractivity contribution in [1.29, 1.82) is 0 Å². The van der Waals surface area contributed by atoms with E-state index in [1.807, 2.05) is 19.9 Å². The predicted molar refractivity (Wildman–Crippen MR) is 117 cm³/mol. The van der Waals surface area contributed by atoms with Crippen molar-refractivity contribution in [2.24, 2.45) is 5.92 Å². The van der Waals surface area contributed by atoms with Crippen LogP contribution in [0.1, 0.15) is 41.9 Å². The first-order chi connectivity index (χ1) is 14.5. The fourth-order valence-corrected chi connectivity index (χ4v) is 4.17. The molecule has 30 heavy (non-hydrogen) atoms. The minimum atomic E-state index is -0.294. The second-order valence-corrected chi connectivity index (χ2v) is 8.28. The summed E-state index contributed by atoms with van der Waals surface area (Å²) in [6.45, 7) is 8.48. The molecule has 0 unspecified atom stereocenters. The number of rotatable bonds is 6. The van der Waals surface area contributed by atoms with Crippen LogP contribution in [0.2, 0.25) is 0 Å². The monoisotopic (exact) mass is 408 g/mol. The van der Waals surface area contributed by atoms with E-state index < -0.39 is 0 Å². The number of aryl methyl sites for hydroxylation is 2. The number of nitrogens with one attached hydrogen (secondary N) is 1. The second kappa shape index (κ2) is 8.34. The maximum absolute atomic E-state index is 12.9. The van der Waals surface area contributed by atoms with Gasteiger partial charge < -0.3 is 14.6 Å². The van der Waals surface area contributed by atoms with E-state index in [-0.39, 0.29) is 22.6 Å². The molecule has 7 heteroatoms. The molecule has 0 atom stereocenters. The molecule has 1 amide bonds. The molecule has 0 spiro atoms. The van der Waals surface area contributed by atoms with Crippen molar-refractivity contribution in [2.45, 2.75) is 40.2 Å². The lowest BCUT2D eigenvalue weighted by atomic mass is 10.0. The van der Waals surface area contributed by atoms with Gasteiger partial charge >= 0.3 is 0 Å². The van der Waals surface area contributed by atoms with Gasteiger partial charge in [-0.25, -0.2) is 4.98 Å². The van der Waals surface area contributed by atoms with Gasteiger partial charge in [0.15, 0.2) is 0 Å². The maximum Gasteiger partial charge on any atom is 0.265 e. The lowest BCUT2D eigenvalue weighted by Gasteiger charge is -2.31. The Hall–Kier alpha value is -3.09. The third-order valence-corrected chi connectivity index (χ3v) is 5.52. The number of aromatic nitrogens is 2. The van der Waals surface area contributed by atoms with E-state index in [1.165, 1.54) is 17.6 Å². The molecule has 1 aromatic carbocycles. The van der Waals surface area contributed by atoms with Crippen molar-refractivity contribution in [1.82, 2.24) is 14.9 Å². The van der Waals surface area contributed by atoms with Gasteiger partial charge in [-0.05, 0) is 37.3 Å². The van der Waals surface area contributed by atoms with Crippen molar-refractivity contribution in [3.8, 4) is 0 Å². The lowest BCUT2D eigenvalue weighted by molar-refractivity contribution is 0.0954. The standard InChI is InChI=1S/C23H28N4O3/c1-15(2)13-27-14-25-22-20(23(27)29)19(16(3)30-22)21(28)24-10-12-26-11-6-8-17-7-4-5-9-18(17)26/h4-5,7,9,14-15H,6,8,10-13H2,1-3H3,(H,24,28). The highest BCUT2D eigenvalue weighted by Crippen LogP contribution is 2.26. The SMILES string of the molecule is Cc1oc2ncn(CC(C)C)c(=O)c2c1C(=O)NCCN1CCCc2ccccc21. The Bertz CT molecular complexity index is 1130. The fourth-order valence-electron chi connectivity index (χ4n) is 4.17. The molecular weight excluding hydrogens is 380 g/mol. The Kier molecular flexibility index (Phi) is 5.61. The first-order valence-corrected chi connectivity index (χ1v) is 10.5. The zero-order valence-electron chi connectivity index (χ0n) is 17.8. The number of furan rings is 1. The Morgan fingerprint density at radius 3 is 2.90 bits per heavy atom. The number of benzene rings is 1. The van der Waals surface area contributed by atoms with Gasteiger partial charge in [-0.1, -0.05) is 32.0 Å². The van der Waals surface area contributed by atoms with Crippen molar-refractivity contribution >= 4 is 22.7 Å². The molecule has 0 fully saturated rings. The molecule has 4 rings (SSSR count). The predicted octanol–water partition coefficient (Wildman–Crippen LogP) is 3.14. The van der Waals surface area contributed by atoms with Crippen LogP contribution in [-0.4, -0.2) is 35.1 Å². The van der Waals surface area contributed by atoms with E-state index in [1.54, 1.807) is 11.5 Å². The molecular formula is C23H28N4O3. The number of amides is 1. The van der Waals surface area contributed by atoms with Gasteiger partial charge in [0, 0.05) is 31.9 Å². The summed E-state index contributed by atoms with van der Waals surface area (Å²) in [4.78, 5) is 32.4. The van der Waals surface area contributed by atoms with E-state index in [4.69, 9.17) is 4.42 Å². The lowest BCUT2D eigenvalue weighted by Crippen LogP contribution is -2.38. The molecule has 1 aliphatic rings. The van der Waals surface area contributed by atoms with Crippen LogP contribution in [0.5, 0.6) is 0 Å². The summed E-state index contributed by atoms with van der Waals surface area (Å²) < 4.78 is 7.15. The van der Waals surface area contributed by atoms with Crippen LogP contribution in [0.4, 0.5) is 5.69 Å². The van der Waals surface area contributed by atoms with E-state index in [9.17, 15) is 9.59 Å². The fraction of sp³-hybridized carbons (Fsp3) is 0.435. The first-order valence-electron chi connectivity index (χ1n) is 10.5. The van der Waals surface area contributed by atoms with Crippen LogP contribution in [0.3, 0.4) is 0 Å². The zero-order valence-corrected chi connectivity index (χ0v) is 17.8. The molecule has 0 aliphatic carbocycles. The van der Waals surface area contributed by atoms with E-state index in [0.717, 1.165) is 19.4 Å². The molecule has 0 saturated carbocycles. The van der Waals surface area contributed by atoms with E-state index in [2.05, 4.69) is 33.4 Å². The van der Waals surface area contributed by atoms with Crippen LogP contribution >= 0.6 is 0 Å². The minimum Gasteiger partial charge on any atom is -0.442 e. The first kappa shape index (κ1) is 20.2. The Labute approximate surface area is 175 Å². The molecule has 1 N–H and O–H groups in total. The number of anilines is 1. The van der Waals surface area contributed by atoms with Crippen LogP contribution in [0.15, 0.2) is 39.8 Å². The highest BCUT2D eigenvalue weighted by atomic mass is 16.3. The summed E-state index contributed by atoms with van der Waals surface area (Å²) in [5.41, 5.74) is 2.86.